The van der Waals surface area contributed by atoms with E-state index in [1.165, 1.54) is 0 Å². The molecule has 0 amide bonds. The Balaban J connectivity index is 2.44. The number of esters is 2. The van der Waals surface area contributed by atoms with Gasteiger partial charge >= 0.3 is 11.9 Å². The lowest BCUT2D eigenvalue weighted by Gasteiger charge is -2.10. The number of benzene rings is 1. The van der Waals surface area contributed by atoms with Gasteiger partial charge in [-0.25, -0.2) is 9.59 Å². The minimum Gasteiger partial charge on any atom is -0.386 e. The zero-order valence-electron chi connectivity index (χ0n) is 10.4. The van der Waals surface area contributed by atoms with Crippen molar-refractivity contribution >= 4 is 11.9 Å². The fourth-order valence-corrected chi connectivity index (χ4v) is 2.10. The van der Waals surface area contributed by atoms with Crippen molar-refractivity contribution < 1.29 is 14.3 Å². The molecule has 0 radical (unpaired) electrons. The Morgan fingerprint density at radius 1 is 1.18 bits per heavy atom. The highest BCUT2D eigenvalue weighted by molar-refractivity contribution is 6.15. The van der Waals surface area contributed by atoms with Crippen LogP contribution in [0.25, 0.3) is 0 Å². The third-order valence-corrected chi connectivity index (χ3v) is 3.13. The summed E-state index contributed by atoms with van der Waals surface area (Å²) in [6.45, 7) is 6.25. The first kappa shape index (κ1) is 11.8. The van der Waals surface area contributed by atoms with E-state index < -0.39 is 11.9 Å². The van der Waals surface area contributed by atoms with E-state index in [1.54, 1.807) is 6.07 Å². The molecule has 1 aromatic rings. The Bertz CT molecular complexity index is 486. The summed E-state index contributed by atoms with van der Waals surface area (Å²) in [6.07, 6.45) is 1.81. The highest BCUT2D eigenvalue weighted by Crippen LogP contribution is 2.27. The number of fused-ring (bicyclic) bond motifs is 1. The number of aryl methyl sites for hydroxylation is 1. The minimum atomic E-state index is -0.518. The molecule has 0 saturated carbocycles. The average Bonchev–Trinajstić information content (AvgIpc) is 2.53. The number of rotatable bonds is 3. The molecule has 90 valence electrons. The third-order valence-electron chi connectivity index (χ3n) is 3.13. The molecular weight excluding hydrogens is 216 g/mol. The number of cyclic esters (lactones) is 2. The van der Waals surface area contributed by atoms with E-state index in [-0.39, 0.29) is 0 Å². The topological polar surface area (TPSA) is 43.4 Å². The Morgan fingerprint density at radius 3 is 2.53 bits per heavy atom. The second-order valence-corrected chi connectivity index (χ2v) is 4.89. The van der Waals surface area contributed by atoms with Gasteiger partial charge in [-0.15, -0.1) is 0 Å². The molecule has 0 aliphatic carbocycles. The van der Waals surface area contributed by atoms with E-state index in [1.807, 2.05) is 13.0 Å². The molecule has 1 heterocycles. The molecule has 0 spiro atoms. The molecule has 1 aromatic carbocycles. The maximum atomic E-state index is 11.7. The molecule has 17 heavy (non-hydrogen) atoms. The normalized spacial score (nSPS) is 14.1. The quantitative estimate of drug-likeness (QED) is 0.594. The van der Waals surface area contributed by atoms with Gasteiger partial charge in [0.1, 0.15) is 0 Å². The van der Waals surface area contributed by atoms with Crippen molar-refractivity contribution in [1.82, 2.24) is 0 Å². The van der Waals surface area contributed by atoms with Crippen LogP contribution in [0.5, 0.6) is 0 Å². The minimum absolute atomic E-state index is 0.416. The molecule has 0 bridgehead atoms. The molecule has 3 nitrogen and oxygen atoms in total. The number of ether oxygens (including phenoxy) is 1. The van der Waals surface area contributed by atoms with Crippen LogP contribution in [0.1, 0.15) is 52.1 Å². The van der Waals surface area contributed by atoms with Crippen LogP contribution in [-0.2, 0) is 11.2 Å². The van der Waals surface area contributed by atoms with Crippen molar-refractivity contribution in [3.8, 4) is 0 Å². The van der Waals surface area contributed by atoms with Gasteiger partial charge in [-0.1, -0.05) is 19.9 Å². The van der Waals surface area contributed by atoms with Crippen LogP contribution < -0.4 is 0 Å². The molecule has 0 saturated heterocycles. The third kappa shape index (κ3) is 2.09. The number of hydrogen-bond acceptors (Lipinski definition) is 3. The van der Waals surface area contributed by atoms with Crippen LogP contribution in [0, 0.1) is 12.8 Å². The molecule has 0 N–H and O–H groups in total. The lowest BCUT2D eigenvalue weighted by atomic mass is 9.92. The predicted octanol–water partition coefficient (Wildman–Crippen LogP) is 2.89. The SMILES string of the molecule is Cc1ccc2c(c1CCC(C)C)C(=O)OC2=O. The van der Waals surface area contributed by atoms with E-state index in [0.717, 1.165) is 24.0 Å². The van der Waals surface area contributed by atoms with Gasteiger partial charge < -0.3 is 4.74 Å². The first-order valence-electron chi connectivity index (χ1n) is 5.89. The van der Waals surface area contributed by atoms with E-state index in [0.29, 0.717) is 17.0 Å². The summed E-state index contributed by atoms with van der Waals surface area (Å²) >= 11 is 0. The Morgan fingerprint density at radius 2 is 1.88 bits per heavy atom. The van der Waals surface area contributed by atoms with E-state index in [2.05, 4.69) is 18.6 Å². The first-order chi connectivity index (χ1) is 8.00. The highest BCUT2D eigenvalue weighted by atomic mass is 16.6. The Labute approximate surface area is 101 Å². The van der Waals surface area contributed by atoms with Gasteiger partial charge in [-0.05, 0) is 42.9 Å². The van der Waals surface area contributed by atoms with Crippen LogP contribution >= 0.6 is 0 Å². The van der Waals surface area contributed by atoms with E-state index in [9.17, 15) is 9.59 Å². The van der Waals surface area contributed by atoms with Crippen molar-refractivity contribution in [2.45, 2.75) is 33.6 Å². The fourth-order valence-electron chi connectivity index (χ4n) is 2.10. The zero-order valence-corrected chi connectivity index (χ0v) is 10.4. The summed E-state index contributed by atoms with van der Waals surface area (Å²) in [5.74, 6) is -0.443. The predicted molar refractivity (Wildman–Crippen MR) is 64.1 cm³/mol. The molecule has 0 aromatic heterocycles. The lowest BCUT2D eigenvalue weighted by molar-refractivity contribution is 0.0443. The number of carbonyl (C=O) groups excluding carboxylic acids is 2. The van der Waals surface area contributed by atoms with Gasteiger partial charge in [0.25, 0.3) is 0 Å². The molecule has 1 aliphatic heterocycles. The van der Waals surface area contributed by atoms with Crippen molar-refractivity contribution in [3.05, 3.63) is 34.4 Å². The average molecular weight is 232 g/mol. The number of hydrogen-bond donors (Lipinski definition) is 0. The van der Waals surface area contributed by atoms with Crippen LogP contribution in [0.15, 0.2) is 12.1 Å². The summed E-state index contributed by atoms with van der Waals surface area (Å²) in [7, 11) is 0. The summed E-state index contributed by atoms with van der Waals surface area (Å²) in [6, 6.07) is 3.56. The van der Waals surface area contributed by atoms with Crippen molar-refractivity contribution in [2.24, 2.45) is 5.92 Å². The molecule has 0 atom stereocenters. The maximum absolute atomic E-state index is 11.7. The van der Waals surface area contributed by atoms with Crippen LogP contribution in [0.2, 0.25) is 0 Å². The molecule has 1 aliphatic rings. The van der Waals surface area contributed by atoms with Gasteiger partial charge in [0.15, 0.2) is 0 Å². The smallest absolute Gasteiger partial charge is 0.347 e. The molecule has 0 fully saturated rings. The summed E-state index contributed by atoms with van der Waals surface area (Å²) < 4.78 is 4.66. The van der Waals surface area contributed by atoms with E-state index in [4.69, 9.17) is 0 Å². The standard InChI is InChI=1S/C14H16O3/c1-8(2)4-6-10-9(3)5-7-11-12(10)14(16)17-13(11)15/h5,7-8H,4,6H2,1-3H3. The van der Waals surface area contributed by atoms with Gasteiger partial charge in [-0.2, -0.15) is 0 Å². The molecule has 3 heteroatoms. The van der Waals surface area contributed by atoms with Crippen molar-refractivity contribution in [2.75, 3.05) is 0 Å². The lowest BCUT2D eigenvalue weighted by Crippen LogP contribution is -2.04. The fraction of sp³-hybridized carbons (Fsp3) is 0.429. The number of carbonyl (C=O) groups is 2. The van der Waals surface area contributed by atoms with Gasteiger partial charge in [0.2, 0.25) is 0 Å². The van der Waals surface area contributed by atoms with Crippen molar-refractivity contribution in [3.63, 3.8) is 0 Å². The molecule has 0 unspecified atom stereocenters. The monoisotopic (exact) mass is 232 g/mol. The second kappa shape index (κ2) is 4.32. The van der Waals surface area contributed by atoms with Crippen molar-refractivity contribution in [1.29, 1.82) is 0 Å². The van der Waals surface area contributed by atoms with Crippen LogP contribution in [0.3, 0.4) is 0 Å². The van der Waals surface area contributed by atoms with Crippen LogP contribution in [0.4, 0.5) is 0 Å². The van der Waals surface area contributed by atoms with Gasteiger partial charge in [-0.3, -0.25) is 0 Å². The first-order valence-corrected chi connectivity index (χ1v) is 5.89. The van der Waals surface area contributed by atoms with E-state index >= 15 is 0 Å². The van der Waals surface area contributed by atoms with Gasteiger partial charge in [0, 0.05) is 0 Å². The molecule has 2 rings (SSSR count). The summed E-state index contributed by atoms with van der Waals surface area (Å²) in [5, 5.41) is 0. The van der Waals surface area contributed by atoms with Crippen LogP contribution in [-0.4, -0.2) is 11.9 Å². The highest BCUT2D eigenvalue weighted by Gasteiger charge is 2.32. The Hall–Kier alpha value is -1.64. The second-order valence-electron chi connectivity index (χ2n) is 4.89. The summed E-state index contributed by atoms with van der Waals surface area (Å²) in [4.78, 5) is 23.1. The Kier molecular flexibility index (Phi) is 3.01. The largest absolute Gasteiger partial charge is 0.386 e. The maximum Gasteiger partial charge on any atom is 0.347 e. The van der Waals surface area contributed by atoms with Gasteiger partial charge in [0.05, 0.1) is 11.1 Å². The molecular formula is C14H16O3. The summed E-state index contributed by atoms with van der Waals surface area (Å²) in [5.41, 5.74) is 2.91. The zero-order chi connectivity index (χ0) is 12.6.